The first-order valence-electron chi connectivity index (χ1n) is 10.1. The molecule has 0 aliphatic carbocycles. The second-order valence-electron chi connectivity index (χ2n) is 7.53. The minimum Gasteiger partial charge on any atom is -0.468 e. The summed E-state index contributed by atoms with van der Waals surface area (Å²) in [5.74, 6) is 1.67. The molecule has 2 aromatic heterocycles. The summed E-state index contributed by atoms with van der Waals surface area (Å²) in [5, 5.41) is 4.00. The van der Waals surface area contributed by atoms with E-state index in [0.29, 0.717) is 29.3 Å². The van der Waals surface area contributed by atoms with Gasteiger partial charge in [-0.25, -0.2) is 4.39 Å². The van der Waals surface area contributed by atoms with Crippen molar-refractivity contribution in [2.75, 3.05) is 19.7 Å². The standard InChI is InChI=1S/C22H26FN3O3/c1-16-8-9-17(13-20(16)23)22-24-21(29-25-22)7-2-10-26(14-18-5-3-11-27-18)15-19-6-4-12-28-19/h3,5,8-9,11,13,19H,2,4,6-7,10,12,14-15H2,1H3. The van der Waals surface area contributed by atoms with E-state index in [0.717, 1.165) is 51.3 Å². The topological polar surface area (TPSA) is 64.5 Å². The lowest BCUT2D eigenvalue weighted by atomic mass is 10.1. The molecule has 1 saturated heterocycles. The highest BCUT2D eigenvalue weighted by molar-refractivity contribution is 5.54. The number of aryl methyl sites for hydroxylation is 2. The van der Waals surface area contributed by atoms with Crippen molar-refractivity contribution in [3.05, 3.63) is 59.6 Å². The smallest absolute Gasteiger partial charge is 0.227 e. The Kier molecular flexibility index (Phi) is 6.36. The summed E-state index contributed by atoms with van der Waals surface area (Å²) in [6, 6.07) is 8.87. The number of hydrogen-bond acceptors (Lipinski definition) is 6. The SMILES string of the molecule is Cc1ccc(-c2noc(CCCN(Cc3ccco3)CC3CCCO3)n2)cc1F. The molecule has 29 heavy (non-hydrogen) atoms. The minimum atomic E-state index is -0.267. The quantitative estimate of drug-likeness (QED) is 0.532. The number of benzene rings is 1. The van der Waals surface area contributed by atoms with Gasteiger partial charge in [0, 0.05) is 25.1 Å². The third kappa shape index (κ3) is 5.31. The molecule has 0 N–H and O–H groups in total. The maximum atomic E-state index is 13.8. The van der Waals surface area contributed by atoms with E-state index in [1.807, 2.05) is 12.1 Å². The van der Waals surface area contributed by atoms with Gasteiger partial charge in [0.2, 0.25) is 11.7 Å². The molecule has 1 unspecified atom stereocenters. The number of ether oxygens (including phenoxy) is 1. The van der Waals surface area contributed by atoms with Crippen molar-refractivity contribution in [3.63, 3.8) is 0 Å². The highest BCUT2D eigenvalue weighted by Gasteiger charge is 2.20. The van der Waals surface area contributed by atoms with Crippen LogP contribution in [-0.2, 0) is 17.7 Å². The second kappa shape index (κ2) is 9.33. The van der Waals surface area contributed by atoms with Crippen molar-refractivity contribution >= 4 is 0 Å². The van der Waals surface area contributed by atoms with Crippen LogP contribution in [0.15, 0.2) is 45.5 Å². The molecule has 1 aliphatic heterocycles. The van der Waals surface area contributed by atoms with E-state index in [1.54, 1.807) is 25.3 Å². The van der Waals surface area contributed by atoms with Gasteiger partial charge in [0.25, 0.3) is 0 Å². The molecule has 0 amide bonds. The summed E-state index contributed by atoms with van der Waals surface area (Å²) in [5.41, 5.74) is 1.22. The average Bonchev–Trinajstić information content (AvgIpc) is 3.47. The third-order valence-corrected chi connectivity index (χ3v) is 5.21. The van der Waals surface area contributed by atoms with Gasteiger partial charge in [-0.15, -0.1) is 0 Å². The van der Waals surface area contributed by atoms with Crippen LogP contribution >= 0.6 is 0 Å². The van der Waals surface area contributed by atoms with Crippen molar-refractivity contribution in [3.8, 4) is 11.4 Å². The molecule has 3 aromatic rings. The molecule has 1 atom stereocenters. The summed E-state index contributed by atoms with van der Waals surface area (Å²) in [6.07, 6.45) is 5.77. The highest BCUT2D eigenvalue weighted by atomic mass is 19.1. The Bertz CT molecular complexity index is 904. The number of rotatable bonds is 9. The van der Waals surface area contributed by atoms with Crippen molar-refractivity contribution in [2.45, 2.75) is 45.3 Å². The fourth-order valence-corrected chi connectivity index (χ4v) is 3.59. The number of furan rings is 1. The van der Waals surface area contributed by atoms with Crippen LogP contribution in [0.2, 0.25) is 0 Å². The molecule has 1 aliphatic rings. The van der Waals surface area contributed by atoms with Gasteiger partial charge in [-0.3, -0.25) is 4.90 Å². The fourth-order valence-electron chi connectivity index (χ4n) is 3.59. The summed E-state index contributed by atoms with van der Waals surface area (Å²) >= 11 is 0. The van der Waals surface area contributed by atoms with Crippen LogP contribution in [0, 0.1) is 12.7 Å². The predicted molar refractivity (Wildman–Crippen MR) is 106 cm³/mol. The lowest BCUT2D eigenvalue weighted by molar-refractivity contribution is 0.0677. The number of nitrogens with zero attached hydrogens (tertiary/aromatic N) is 3. The van der Waals surface area contributed by atoms with Gasteiger partial charge in [-0.1, -0.05) is 17.3 Å². The van der Waals surface area contributed by atoms with Crippen LogP contribution in [0.4, 0.5) is 4.39 Å². The van der Waals surface area contributed by atoms with Crippen molar-refractivity contribution in [1.29, 1.82) is 0 Å². The van der Waals surface area contributed by atoms with Crippen LogP contribution in [0.3, 0.4) is 0 Å². The largest absolute Gasteiger partial charge is 0.468 e. The number of hydrogen-bond donors (Lipinski definition) is 0. The Morgan fingerprint density at radius 2 is 2.21 bits per heavy atom. The average molecular weight is 399 g/mol. The lowest BCUT2D eigenvalue weighted by Crippen LogP contribution is -2.32. The van der Waals surface area contributed by atoms with Crippen molar-refractivity contribution in [2.24, 2.45) is 0 Å². The predicted octanol–water partition coefficient (Wildman–Crippen LogP) is 4.39. The van der Waals surface area contributed by atoms with E-state index >= 15 is 0 Å². The summed E-state index contributed by atoms with van der Waals surface area (Å²) < 4.78 is 30.4. The molecular weight excluding hydrogens is 373 g/mol. The normalized spacial score (nSPS) is 16.7. The first-order chi connectivity index (χ1) is 14.2. The molecule has 0 bridgehead atoms. The molecule has 1 aromatic carbocycles. The van der Waals surface area contributed by atoms with E-state index in [4.69, 9.17) is 13.7 Å². The zero-order chi connectivity index (χ0) is 20.1. The minimum absolute atomic E-state index is 0.267. The van der Waals surface area contributed by atoms with E-state index in [2.05, 4.69) is 15.0 Å². The van der Waals surface area contributed by atoms with Crippen LogP contribution in [0.5, 0.6) is 0 Å². The molecule has 0 radical (unpaired) electrons. The Morgan fingerprint density at radius 1 is 1.28 bits per heavy atom. The first-order valence-corrected chi connectivity index (χ1v) is 10.1. The summed E-state index contributed by atoms with van der Waals surface area (Å²) in [4.78, 5) is 6.77. The fraction of sp³-hybridized carbons (Fsp3) is 0.455. The lowest BCUT2D eigenvalue weighted by Gasteiger charge is -2.24. The Balaban J connectivity index is 1.33. The van der Waals surface area contributed by atoms with Gasteiger partial charge in [-0.05, 0) is 56.5 Å². The van der Waals surface area contributed by atoms with E-state index in [1.165, 1.54) is 6.07 Å². The number of aromatic nitrogens is 2. The van der Waals surface area contributed by atoms with Gasteiger partial charge in [0.05, 0.1) is 18.9 Å². The van der Waals surface area contributed by atoms with Gasteiger partial charge in [0.15, 0.2) is 0 Å². The van der Waals surface area contributed by atoms with Crippen molar-refractivity contribution in [1.82, 2.24) is 15.0 Å². The first kappa shape index (κ1) is 19.8. The molecule has 154 valence electrons. The third-order valence-electron chi connectivity index (χ3n) is 5.21. The van der Waals surface area contributed by atoms with Gasteiger partial charge in [0.1, 0.15) is 11.6 Å². The molecular formula is C22H26FN3O3. The molecule has 0 saturated carbocycles. The zero-order valence-corrected chi connectivity index (χ0v) is 16.6. The van der Waals surface area contributed by atoms with Crippen LogP contribution in [0.1, 0.15) is 36.5 Å². The Labute approximate surface area is 169 Å². The second-order valence-corrected chi connectivity index (χ2v) is 7.53. The van der Waals surface area contributed by atoms with Gasteiger partial charge >= 0.3 is 0 Å². The molecule has 4 rings (SSSR count). The van der Waals surface area contributed by atoms with E-state index < -0.39 is 0 Å². The van der Waals surface area contributed by atoms with Gasteiger partial charge < -0.3 is 13.7 Å². The Morgan fingerprint density at radius 3 is 2.97 bits per heavy atom. The van der Waals surface area contributed by atoms with Crippen LogP contribution < -0.4 is 0 Å². The van der Waals surface area contributed by atoms with E-state index in [-0.39, 0.29) is 11.9 Å². The van der Waals surface area contributed by atoms with Crippen LogP contribution in [-0.4, -0.2) is 40.8 Å². The molecule has 6 nitrogen and oxygen atoms in total. The Hall–Kier alpha value is -2.51. The maximum Gasteiger partial charge on any atom is 0.227 e. The molecule has 7 heteroatoms. The monoisotopic (exact) mass is 399 g/mol. The van der Waals surface area contributed by atoms with Gasteiger partial charge in [-0.2, -0.15) is 4.98 Å². The maximum absolute atomic E-state index is 13.8. The number of halogens is 1. The van der Waals surface area contributed by atoms with Crippen LogP contribution in [0.25, 0.3) is 11.4 Å². The highest BCUT2D eigenvalue weighted by Crippen LogP contribution is 2.20. The summed E-state index contributed by atoms with van der Waals surface area (Å²) in [7, 11) is 0. The van der Waals surface area contributed by atoms with E-state index in [9.17, 15) is 4.39 Å². The molecule has 0 spiro atoms. The summed E-state index contributed by atoms with van der Waals surface area (Å²) in [6.45, 7) is 5.09. The molecule has 1 fully saturated rings. The van der Waals surface area contributed by atoms with Crippen molar-refractivity contribution < 1.29 is 18.1 Å². The molecule has 3 heterocycles. The zero-order valence-electron chi connectivity index (χ0n) is 16.6.